The first-order valence-electron chi connectivity index (χ1n) is 7.46. The second kappa shape index (κ2) is 6.79. The molecule has 3 rings (SSSR count). The molecule has 0 radical (unpaired) electrons. The van der Waals surface area contributed by atoms with Gasteiger partial charge in [0, 0.05) is 14.7 Å². The molecule has 0 amide bonds. The van der Waals surface area contributed by atoms with Gasteiger partial charge in [0.05, 0.1) is 5.52 Å². The van der Waals surface area contributed by atoms with E-state index >= 15 is 0 Å². The first-order chi connectivity index (χ1) is 10.7. The Morgan fingerprint density at radius 3 is 2.68 bits per heavy atom. The maximum absolute atomic E-state index is 14.1. The number of aromatic nitrogens is 1. The third-order valence-electron chi connectivity index (χ3n) is 3.88. The molecule has 0 fully saturated rings. The molecule has 3 aromatic rings. The van der Waals surface area contributed by atoms with Crippen molar-refractivity contribution in [2.24, 2.45) is 5.73 Å². The van der Waals surface area contributed by atoms with Gasteiger partial charge in [-0.05, 0) is 77.7 Å². The van der Waals surface area contributed by atoms with Gasteiger partial charge in [-0.1, -0.05) is 24.3 Å². The van der Waals surface area contributed by atoms with Gasteiger partial charge in [-0.25, -0.2) is 4.39 Å². The van der Waals surface area contributed by atoms with Crippen LogP contribution >= 0.6 is 22.6 Å². The summed E-state index contributed by atoms with van der Waals surface area (Å²) in [5, 5.41) is 0.978. The number of unbranched alkanes of at least 4 members (excludes halogenated alkanes) is 1. The maximum Gasteiger partial charge on any atom is 0.147 e. The first-order valence-corrected chi connectivity index (χ1v) is 8.53. The number of halogens is 2. The Balaban J connectivity index is 2.15. The number of benzene rings is 2. The smallest absolute Gasteiger partial charge is 0.147 e. The molecule has 3 N–H and O–H groups in total. The number of fused-ring (bicyclic) bond motifs is 1. The monoisotopic (exact) mass is 408 g/mol. The highest BCUT2D eigenvalue weighted by molar-refractivity contribution is 14.1. The van der Waals surface area contributed by atoms with Crippen molar-refractivity contribution in [2.45, 2.75) is 19.3 Å². The summed E-state index contributed by atoms with van der Waals surface area (Å²) in [5.41, 5.74) is 9.51. The zero-order valence-electron chi connectivity index (χ0n) is 12.2. The molecule has 22 heavy (non-hydrogen) atoms. The quantitative estimate of drug-likeness (QED) is 0.460. The van der Waals surface area contributed by atoms with E-state index in [0.717, 1.165) is 35.9 Å². The minimum absolute atomic E-state index is 0.200. The van der Waals surface area contributed by atoms with Crippen LogP contribution in [0.4, 0.5) is 4.39 Å². The lowest BCUT2D eigenvalue weighted by Crippen LogP contribution is -1.99. The Bertz CT molecular complexity index is 795. The lowest BCUT2D eigenvalue weighted by atomic mass is 10.0. The number of hydrogen-bond donors (Lipinski definition) is 2. The molecule has 0 aliphatic carbocycles. The van der Waals surface area contributed by atoms with E-state index in [1.165, 1.54) is 15.2 Å². The molecule has 0 atom stereocenters. The van der Waals surface area contributed by atoms with Gasteiger partial charge in [0.1, 0.15) is 5.82 Å². The first kappa shape index (κ1) is 15.5. The summed E-state index contributed by atoms with van der Waals surface area (Å²) in [6, 6.07) is 13.5. The van der Waals surface area contributed by atoms with Crippen LogP contribution in [-0.2, 0) is 6.42 Å². The molecule has 0 unspecified atom stereocenters. The van der Waals surface area contributed by atoms with Crippen LogP contribution in [-0.4, -0.2) is 11.5 Å². The zero-order chi connectivity index (χ0) is 15.5. The van der Waals surface area contributed by atoms with Gasteiger partial charge in [0.15, 0.2) is 0 Å². The second-order valence-electron chi connectivity index (χ2n) is 5.40. The fraction of sp³-hybridized carbons (Fsp3) is 0.222. The number of hydrogen-bond acceptors (Lipinski definition) is 1. The van der Waals surface area contributed by atoms with E-state index in [2.05, 4.69) is 45.8 Å². The molecule has 0 aliphatic rings. The maximum atomic E-state index is 14.1. The van der Waals surface area contributed by atoms with E-state index in [9.17, 15) is 4.39 Å². The van der Waals surface area contributed by atoms with Gasteiger partial charge in [-0.3, -0.25) is 0 Å². The predicted molar refractivity (Wildman–Crippen MR) is 98.4 cm³/mol. The summed E-state index contributed by atoms with van der Waals surface area (Å²) in [7, 11) is 0. The molecular weight excluding hydrogens is 390 g/mol. The van der Waals surface area contributed by atoms with Crippen molar-refractivity contribution >= 4 is 33.5 Å². The number of para-hydroxylation sites is 1. The number of aromatic amines is 1. The lowest BCUT2D eigenvalue weighted by molar-refractivity contribution is 0.637. The highest BCUT2D eigenvalue weighted by atomic mass is 127. The number of nitrogens with one attached hydrogen (secondary N) is 1. The SMILES string of the molecule is NCCCCc1c(-c2cccc(I)c2)[nH]c2c(F)cccc12. The van der Waals surface area contributed by atoms with E-state index < -0.39 is 0 Å². The number of nitrogens with two attached hydrogens (primary N) is 1. The van der Waals surface area contributed by atoms with E-state index in [0.29, 0.717) is 12.1 Å². The van der Waals surface area contributed by atoms with Gasteiger partial charge in [0.2, 0.25) is 0 Å². The average molecular weight is 408 g/mol. The molecule has 0 aliphatic heterocycles. The van der Waals surface area contributed by atoms with E-state index in [1.807, 2.05) is 12.1 Å². The van der Waals surface area contributed by atoms with Crippen molar-refractivity contribution in [3.63, 3.8) is 0 Å². The van der Waals surface area contributed by atoms with E-state index in [1.54, 1.807) is 6.07 Å². The standard InChI is InChI=1S/C18H18FIN2/c19-16-9-4-8-15-14(7-1-2-10-21)17(22-18(15)16)12-5-3-6-13(20)11-12/h3-6,8-9,11,22H,1-2,7,10,21H2. The molecular formula is C18H18FIN2. The van der Waals surface area contributed by atoms with Crippen molar-refractivity contribution in [1.29, 1.82) is 0 Å². The second-order valence-corrected chi connectivity index (χ2v) is 6.64. The third kappa shape index (κ3) is 3.03. The highest BCUT2D eigenvalue weighted by Gasteiger charge is 2.15. The molecule has 0 saturated carbocycles. The van der Waals surface area contributed by atoms with Crippen LogP contribution in [0.2, 0.25) is 0 Å². The Hall–Kier alpha value is -1.40. The van der Waals surface area contributed by atoms with Crippen molar-refractivity contribution in [3.05, 3.63) is 57.4 Å². The molecule has 2 nitrogen and oxygen atoms in total. The minimum atomic E-state index is -0.200. The van der Waals surface area contributed by atoms with Crippen LogP contribution in [0.15, 0.2) is 42.5 Å². The number of rotatable bonds is 5. The van der Waals surface area contributed by atoms with Crippen molar-refractivity contribution in [3.8, 4) is 11.3 Å². The molecule has 1 aromatic heterocycles. The van der Waals surface area contributed by atoms with Crippen LogP contribution < -0.4 is 5.73 Å². The third-order valence-corrected chi connectivity index (χ3v) is 4.56. The summed E-state index contributed by atoms with van der Waals surface area (Å²) >= 11 is 2.30. The topological polar surface area (TPSA) is 41.8 Å². The number of H-pyrrole nitrogens is 1. The van der Waals surface area contributed by atoms with Crippen LogP contribution in [0.1, 0.15) is 18.4 Å². The Morgan fingerprint density at radius 1 is 1.09 bits per heavy atom. The number of aryl methyl sites for hydroxylation is 1. The van der Waals surface area contributed by atoms with E-state index in [4.69, 9.17) is 5.73 Å². The molecule has 114 valence electrons. The van der Waals surface area contributed by atoms with Crippen molar-refractivity contribution < 1.29 is 4.39 Å². The van der Waals surface area contributed by atoms with E-state index in [-0.39, 0.29) is 5.82 Å². The summed E-state index contributed by atoms with van der Waals surface area (Å²) in [4.78, 5) is 3.29. The molecule has 0 spiro atoms. The van der Waals surface area contributed by atoms with Gasteiger partial charge >= 0.3 is 0 Å². The summed E-state index contributed by atoms with van der Waals surface area (Å²) in [6.07, 6.45) is 2.89. The van der Waals surface area contributed by atoms with Gasteiger partial charge < -0.3 is 10.7 Å². The van der Waals surface area contributed by atoms with Crippen LogP contribution in [0.25, 0.3) is 22.2 Å². The molecule has 2 aromatic carbocycles. The minimum Gasteiger partial charge on any atom is -0.352 e. The predicted octanol–water partition coefficient (Wildman–Crippen LogP) is 4.86. The Labute approximate surface area is 143 Å². The average Bonchev–Trinajstić information content (AvgIpc) is 2.88. The van der Waals surface area contributed by atoms with Crippen LogP contribution in [0.5, 0.6) is 0 Å². The fourth-order valence-corrected chi connectivity index (χ4v) is 3.38. The normalized spacial score (nSPS) is 11.2. The molecule has 4 heteroatoms. The molecule has 0 bridgehead atoms. The van der Waals surface area contributed by atoms with Gasteiger partial charge in [-0.2, -0.15) is 0 Å². The molecule has 0 saturated heterocycles. The van der Waals surface area contributed by atoms with Crippen LogP contribution in [0.3, 0.4) is 0 Å². The van der Waals surface area contributed by atoms with Crippen molar-refractivity contribution in [2.75, 3.05) is 6.54 Å². The van der Waals surface area contributed by atoms with Gasteiger partial charge in [-0.15, -0.1) is 0 Å². The Morgan fingerprint density at radius 2 is 1.91 bits per heavy atom. The summed E-state index contributed by atoms with van der Waals surface area (Å²) < 4.78 is 15.3. The highest BCUT2D eigenvalue weighted by Crippen LogP contribution is 2.33. The summed E-state index contributed by atoms with van der Waals surface area (Å²) in [5.74, 6) is -0.200. The largest absolute Gasteiger partial charge is 0.352 e. The molecule has 1 heterocycles. The zero-order valence-corrected chi connectivity index (χ0v) is 14.4. The fourth-order valence-electron chi connectivity index (χ4n) is 2.83. The lowest BCUT2D eigenvalue weighted by Gasteiger charge is -2.06. The van der Waals surface area contributed by atoms with Crippen LogP contribution in [0, 0.1) is 9.39 Å². The van der Waals surface area contributed by atoms with Gasteiger partial charge in [0.25, 0.3) is 0 Å². The summed E-state index contributed by atoms with van der Waals surface area (Å²) in [6.45, 7) is 0.690. The van der Waals surface area contributed by atoms with Crippen molar-refractivity contribution in [1.82, 2.24) is 4.98 Å². The Kier molecular flexibility index (Phi) is 4.78.